The molecule has 0 radical (unpaired) electrons. The van der Waals surface area contributed by atoms with Crippen LogP contribution >= 0.6 is 0 Å². The summed E-state index contributed by atoms with van der Waals surface area (Å²) in [6.07, 6.45) is 7.86. The lowest BCUT2D eigenvalue weighted by Crippen LogP contribution is -2.65. The molecule has 1 aromatic rings. The highest BCUT2D eigenvalue weighted by molar-refractivity contribution is 5.90. The number of amides is 1. The number of carbonyl (C=O) groups is 3. The first-order valence-corrected chi connectivity index (χ1v) is 18.2. The third kappa shape index (κ3) is 8.45. The van der Waals surface area contributed by atoms with Crippen LogP contribution in [0.2, 0.25) is 0 Å². The molecule has 3 heterocycles. The molecule has 4 aliphatic rings. The Balaban J connectivity index is 1.53. The Morgan fingerprint density at radius 3 is 2.62 bits per heavy atom. The summed E-state index contributed by atoms with van der Waals surface area (Å²) in [5.74, 6) is -0.242. The molecule has 5 rings (SSSR count). The second kappa shape index (κ2) is 16.2. The Morgan fingerprint density at radius 1 is 1.10 bits per heavy atom. The van der Waals surface area contributed by atoms with Crippen molar-refractivity contribution in [1.82, 2.24) is 10.6 Å². The van der Waals surface area contributed by atoms with E-state index in [-0.39, 0.29) is 30.1 Å². The molecular formula is C37H56N2O9. The quantitative estimate of drug-likeness (QED) is 0.183. The fraction of sp³-hybridized carbons (Fsp3) is 0.757. The summed E-state index contributed by atoms with van der Waals surface area (Å²) in [6.45, 7) is 5.02. The Kier molecular flexibility index (Phi) is 12.3. The molecule has 268 valence electrons. The van der Waals surface area contributed by atoms with Gasteiger partial charge in [-0.1, -0.05) is 18.9 Å². The van der Waals surface area contributed by atoms with Crippen LogP contribution < -0.4 is 15.4 Å². The first-order valence-electron chi connectivity index (χ1n) is 18.2. The van der Waals surface area contributed by atoms with E-state index < -0.39 is 41.2 Å². The number of esters is 2. The molecule has 11 heteroatoms. The van der Waals surface area contributed by atoms with Crippen molar-refractivity contribution in [1.29, 1.82) is 0 Å². The van der Waals surface area contributed by atoms with Crippen LogP contribution in [0.25, 0.3) is 0 Å². The number of aliphatic hydroxyl groups excluding tert-OH is 2. The maximum atomic E-state index is 14.6. The monoisotopic (exact) mass is 672 g/mol. The number of aromatic hydroxyl groups is 1. The van der Waals surface area contributed by atoms with Crippen molar-refractivity contribution >= 4 is 17.8 Å². The van der Waals surface area contributed by atoms with Crippen molar-refractivity contribution < 1.29 is 43.9 Å². The van der Waals surface area contributed by atoms with Crippen molar-refractivity contribution in [2.24, 2.45) is 17.3 Å². The van der Waals surface area contributed by atoms with Gasteiger partial charge in [0.1, 0.15) is 17.7 Å². The van der Waals surface area contributed by atoms with Gasteiger partial charge in [0.15, 0.2) is 11.5 Å². The Hall–Kier alpha value is -2.89. The van der Waals surface area contributed by atoms with Gasteiger partial charge in [0.2, 0.25) is 5.91 Å². The zero-order chi connectivity index (χ0) is 34.3. The molecule has 0 spiro atoms. The summed E-state index contributed by atoms with van der Waals surface area (Å²) >= 11 is 0. The normalized spacial score (nSPS) is 26.9. The van der Waals surface area contributed by atoms with Gasteiger partial charge in [-0.2, -0.15) is 0 Å². The van der Waals surface area contributed by atoms with Gasteiger partial charge >= 0.3 is 11.9 Å². The Morgan fingerprint density at radius 2 is 1.90 bits per heavy atom. The maximum absolute atomic E-state index is 14.6. The highest BCUT2D eigenvalue weighted by Gasteiger charge is 2.54. The summed E-state index contributed by atoms with van der Waals surface area (Å²) in [5.41, 5.74) is 0.317. The lowest BCUT2D eigenvalue weighted by atomic mass is 9.66. The Labute approximate surface area is 284 Å². The number of rotatable bonds is 14. The number of carbonyl (C=O) groups excluding carboxylic acids is 3. The number of aliphatic hydroxyl groups is 2. The minimum Gasteiger partial charge on any atom is -0.504 e. The van der Waals surface area contributed by atoms with E-state index in [0.29, 0.717) is 102 Å². The van der Waals surface area contributed by atoms with E-state index in [1.807, 2.05) is 6.07 Å². The number of fused-ring (bicyclic) bond motifs is 2. The van der Waals surface area contributed by atoms with Crippen molar-refractivity contribution in [3.8, 4) is 11.5 Å². The van der Waals surface area contributed by atoms with E-state index in [0.717, 1.165) is 30.4 Å². The van der Waals surface area contributed by atoms with Crippen molar-refractivity contribution in [3.05, 3.63) is 23.3 Å². The highest BCUT2D eigenvalue weighted by Crippen LogP contribution is 2.47. The van der Waals surface area contributed by atoms with Crippen LogP contribution in [0.15, 0.2) is 12.1 Å². The van der Waals surface area contributed by atoms with Crippen molar-refractivity contribution in [2.75, 3.05) is 26.3 Å². The first-order chi connectivity index (χ1) is 23.0. The van der Waals surface area contributed by atoms with Crippen molar-refractivity contribution in [3.63, 3.8) is 0 Å². The first kappa shape index (κ1) is 36.4. The van der Waals surface area contributed by atoms with E-state index in [2.05, 4.69) is 10.6 Å². The molecule has 2 saturated heterocycles. The molecule has 11 nitrogen and oxygen atoms in total. The number of ether oxygens (including phenoxy) is 3. The second-order valence-electron chi connectivity index (χ2n) is 14.9. The fourth-order valence-electron chi connectivity index (χ4n) is 8.77. The summed E-state index contributed by atoms with van der Waals surface area (Å²) < 4.78 is 18.7. The summed E-state index contributed by atoms with van der Waals surface area (Å²) in [6, 6.07) is 3.60. The molecular weight excluding hydrogens is 616 g/mol. The smallest absolute Gasteiger partial charge is 0.332 e. The number of benzene rings is 1. The average Bonchev–Trinajstić information content (AvgIpc) is 3.05. The summed E-state index contributed by atoms with van der Waals surface area (Å²) in [7, 11) is 0. The number of phenols is 1. The van der Waals surface area contributed by atoms with Gasteiger partial charge in [0, 0.05) is 37.4 Å². The van der Waals surface area contributed by atoms with Crippen LogP contribution in [0.5, 0.6) is 11.5 Å². The molecule has 1 amide bonds. The van der Waals surface area contributed by atoms with Crippen LogP contribution in [-0.4, -0.2) is 83.3 Å². The zero-order valence-electron chi connectivity index (χ0n) is 28.8. The molecule has 0 unspecified atom stereocenters. The summed E-state index contributed by atoms with van der Waals surface area (Å²) in [4.78, 5) is 39.7. The van der Waals surface area contributed by atoms with Gasteiger partial charge in [-0.3, -0.25) is 9.59 Å². The lowest BCUT2D eigenvalue weighted by molar-refractivity contribution is -0.178. The molecule has 1 aliphatic carbocycles. The van der Waals surface area contributed by atoms with E-state index >= 15 is 0 Å². The number of hydrogen-bond acceptors (Lipinski definition) is 10. The molecule has 1 saturated carbocycles. The minimum absolute atomic E-state index is 0.0149. The maximum Gasteiger partial charge on any atom is 0.332 e. The lowest BCUT2D eigenvalue weighted by Gasteiger charge is -2.49. The predicted octanol–water partition coefficient (Wildman–Crippen LogP) is 3.86. The Bertz CT molecular complexity index is 1280. The predicted molar refractivity (Wildman–Crippen MR) is 178 cm³/mol. The van der Waals surface area contributed by atoms with Gasteiger partial charge < -0.3 is 40.2 Å². The highest BCUT2D eigenvalue weighted by atomic mass is 16.6. The van der Waals surface area contributed by atoms with Crippen LogP contribution in [0, 0.1) is 17.3 Å². The van der Waals surface area contributed by atoms with Crippen LogP contribution in [-0.2, 0) is 36.7 Å². The SMILES string of the molecule is CC(=O)O[C@H](CCC[C@H](C)O)C[C@@H](OC(=O)[C@]12CCCC[C@H]1CCC(=O)N2)C1(Cc2ccc(O)c3c2C[C@@H](CCO)CO3)CCNCC1. The minimum atomic E-state index is -1.06. The van der Waals surface area contributed by atoms with Gasteiger partial charge in [0.05, 0.1) is 12.7 Å². The third-order valence-electron chi connectivity index (χ3n) is 11.4. The van der Waals surface area contributed by atoms with E-state index in [9.17, 15) is 29.7 Å². The summed E-state index contributed by atoms with van der Waals surface area (Å²) in [5, 5.41) is 36.9. The second-order valence-corrected chi connectivity index (χ2v) is 14.9. The topological polar surface area (TPSA) is 164 Å². The fourth-order valence-corrected chi connectivity index (χ4v) is 8.77. The third-order valence-corrected chi connectivity index (χ3v) is 11.4. The standard InChI is InChI=1S/C37H56N2O9/c1-24(41)6-5-8-29(47-25(2)42)21-32(48-35(45)37-14-4-3-7-28(37)10-12-33(44)39-37)36(15-17-38-18-16-36)22-27-9-11-31(43)34-30(27)20-26(13-19-40)23-46-34/h9,11,24,26,28-29,32,38,40-41,43H,3-8,10,12-23H2,1-2H3,(H,39,44)/t24-,26+,28-,29+,32+,37-/m0/s1. The molecule has 0 bridgehead atoms. The molecule has 1 aromatic carbocycles. The molecule has 0 aromatic heterocycles. The van der Waals surface area contributed by atoms with Crippen LogP contribution in [0.1, 0.15) is 108 Å². The van der Waals surface area contributed by atoms with E-state index in [1.54, 1.807) is 13.0 Å². The van der Waals surface area contributed by atoms with Crippen molar-refractivity contribution in [2.45, 2.75) is 134 Å². The zero-order valence-corrected chi connectivity index (χ0v) is 28.8. The van der Waals surface area contributed by atoms with Crippen LogP contribution in [0.4, 0.5) is 0 Å². The molecule has 6 atom stereocenters. The van der Waals surface area contributed by atoms with E-state index in [1.165, 1.54) is 6.92 Å². The van der Waals surface area contributed by atoms with Gasteiger partial charge in [-0.25, -0.2) is 4.79 Å². The van der Waals surface area contributed by atoms with Gasteiger partial charge in [0.25, 0.3) is 0 Å². The molecule has 5 N–H and O–H groups in total. The van der Waals surface area contributed by atoms with Gasteiger partial charge in [-0.15, -0.1) is 0 Å². The number of piperidine rings is 2. The molecule has 48 heavy (non-hydrogen) atoms. The van der Waals surface area contributed by atoms with Crippen LogP contribution in [0.3, 0.4) is 0 Å². The van der Waals surface area contributed by atoms with Gasteiger partial charge in [-0.05, 0) is 114 Å². The number of hydrogen-bond donors (Lipinski definition) is 5. The molecule has 3 fully saturated rings. The average molecular weight is 673 g/mol. The largest absolute Gasteiger partial charge is 0.504 e. The van der Waals surface area contributed by atoms with E-state index in [4.69, 9.17) is 14.2 Å². The number of nitrogens with one attached hydrogen (secondary N) is 2. The number of phenolic OH excluding ortho intramolecular Hbond substituents is 1. The molecule has 3 aliphatic heterocycles.